The van der Waals surface area contributed by atoms with E-state index >= 15 is 0 Å². The van der Waals surface area contributed by atoms with Gasteiger partial charge in [-0.3, -0.25) is 0 Å². The fourth-order valence-corrected chi connectivity index (χ4v) is 1.89. The second kappa shape index (κ2) is 8.91. The molecular formula is C15H25NO3. The van der Waals surface area contributed by atoms with E-state index in [4.69, 9.17) is 9.47 Å². The second-order valence-corrected chi connectivity index (χ2v) is 4.45. The quantitative estimate of drug-likeness (QED) is 0.696. The fourth-order valence-electron chi connectivity index (χ4n) is 1.89. The summed E-state index contributed by atoms with van der Waals surface area (Å²) in [7, 11) is 1.98. The van der Waals surface area contributed by atoms with Gasteiger partial charge in [-0.05, 0) is 27.0 Å². The number of ether oxygens (including phenoxy) is 2. The molecule has 0 saturated carbocycles. The van der Waals surface area contributed by atoms with Crippen molar-refractivity contribution in [1.82, 2.24) is 4.90 Å². The van der Waals surface area contributed by atoms with Gasteiger partial charge in [-0.2, -0.15) is 0 Å². The van der Waals surface area contributed by atoms with E-state index in [1.807, 2.05) is 45.2 Å². The van der Waals surface area contributed by atoms with E-state index in [2.05, 4.69) is 4.90 Å². The Kier molecular flexibility index (Phi) is 7.48. The monoisotopic (exact) mass is 267 g/mol. The number of likely N-dealkylation sites (N-methyl/N-ethyl adjacent to an activating group) is 1. The van der Waals surface area contributed by atoms with E-state index in [9.17, 15) is 5.11 Å². The maximum atomic E-state index is 10.3. The summed E-state index contributed by atoms with van der Waals surface area (Å²) in [6.07, 6.45) is -0.547. The van der Waals surface area contributed by atoms with Crippen LogP contribution in [0.25, 0.3) is 0 Å². The minimum atomic E-state index is -0.547. The van der Waals surface area contributed by atoms with E-state index in [0.29, 0.717) is 19.8 Å². The first-order chi connectivity index (χ1) is 9.19. The van der Waals surface area contributed by atoms with Gasteiger partial charge in [0.05, 0.1) is 19.3 Å². The molecule has 108 valence electrons. The van der Waals surface area contributed by atoms with Crippen molar-refractivity contribution in [1.29, 1.82) is 0 Å². The smallest absolute Gasteiger partial charge is 0.125 e. The zero-order chi connectivity index (χ0) is 14.1. The number of aliphatic hydroxyl groups is 1. The lowest BCUT2D eigenvalue weighted by atomic mass is 10.1. The van der Waals surface area contributed by atoms with Gasteiger partial charge in [-0.1, -0.05) is 18.2 Å². The molecule has 0 bridgehead atoms. The van der Waals surface area contributed by atoms with Crippen LogP contribution in [0.5, 0.6) is 5.75 Å². The Morgan fingerprint density at radius 1 is 1.21 bits per heavy atom. The van der Waals surface area contributed by atoms with Crippen LogP contribution in [-0.4, -0.2) is 50.0 Å². The van der Waals surface area contributed by atoms with Crippen LogP contribution in [0.4, 0.5) is 0 Å². The molecule has 1 N–H and O–H groups in total. The van der Waals surface area contributed by atoms with Gasteiger partial charge in [0.15, 0.2) is 0 Å². The third-order valence-corrected chi connectivity index (χ3v) is 2.88. The van der Waals surface area contributed by atoms with Gasteiger partial charge >= 0.3 is 0 Å². The summed E-state index contributed by atoms with van der Waals surface area (Å²) in [5.41, 5.74) is 0.840. The Bertz CT molecular complexity index is 357. The summed E-state index contributed by atoms with van der Waals surface area (Å²) in [5.74, 6) is 0.760. The van der Waals surface area contributed by atoms with Crippen LogP contribution in [0.15, 0.2) is 24.3 Å². The third kappa shape index (κ3) is 5.59. The van der Waals surface area contributed by atoms with Gasteiger partial charge in [-0.15, -0.1) is 0 Å². The van der Waals surface area contributed by atoms with Gasteiger partial charge in [0.2, 0.25) is 0 Å². The molecule has 0 spiro atoms. The van der Waals surface area contributed by atoms with E-state index in [-0.39, 0.29) is 0 Å². The predicted molar refractivity (Wildman–Crippen MR) is 76.6 cm³/mol. The average molecular weight is 267 g/mol. The summed E-state index contributed by atoms with van der Waals surface area (Å²) in [6.45, 7) is 7.31. The molecule has 0 fully saturated rings. The van der Waals surface area contributed by atoms with Crippen molar-refractivity contribution in [2.45, 2.75) is 20.0 Å². The first-order valence-electron chi connectivity index (χ1n) is 6.85. The van der Waals surface area contributed by atoms with Gasteiger partial charge in [-0.25, -0.2) is 0 Å². The zero-order valence-corrected chi connectivity index (χ0v) is 12.1. The van der Waals surface area contributed by atoms with E-state index in [1.54, 1.807) is 0 Å². The normalized spacial score (nSPS) is 12.7. The first kappa shape index (κ1) is 16.0. The topological polar surface area (TPSA) is 41.9 Å². The van der Waals surface area contributed by atoms with Crippen LogP contribution < -0.4 is 4.74 Å². The maximum absolute atomic E-state index is 10.3. The molecule has 4 nitrogen and oxygen atoms in total. The molecule has 0 aliphatic rings. The summed E-state index contributed by atoms with van der Waals surface area (Å²) in [5, 5.41) is 10.3. The minimum Gasteiger partial charge on any atom is -0.493 e. The Hall–Kier alpha value is -1.10. The molecule has 1 atom stereocenters. The second-order valence-electron chi connectivity index (χ2n) is 4.45. The van der Waals surface area contributed by atoms with Gasteiger partial charge in [0.25, 0.3) is 0 Å². The molecule has 0 aromatic heterocycles. The van der Waals surface area contributed by atoms with Crippen LogP contribution in [0.2, 0.25) is 0 Å². The van der Waals surface area contributed by atoms with Crippen LogP contribution >= 0.6 is 0 Å². The fraction of sp³-hybridized carbons (Fsp3) is 0.600. The molecule has 4 heteroatoms. The summed E-state index contributed by atoms with van der Waals surface area (Å²) < 4.78 is 10.8. The number of nitrogens with zero attached hydrogens (tertiary/aromatic N) is 1. The molecule has 19 heavy (non-hydrogen) atoms. The lowest BCUT2D eigenvalue weighted by molar-refractivity contribution is 0.0877. The number of aliphatic hydroxyl groups excluding tert-OH is 1. The molecular weight excluding hydrogens is 242 g/mol. The Labute approximate surface area is 115 Å². The molecule has 0 saturated heterocycles. The number of benzene rings is 1. The molecule has 0 radical (unpaired) electrons. The number of para-hydroxylation sites is 1. The standard InChI is InChI=1S/C15H25NO3/c1-4-18-11-10-16(3)12-14(17)13-8-6-7-9-15(13)19-5-2/h6-9,14,17H,4-5,10-12H2,1-3H3. The van der Waals surface area contributed by atoms with Crippen molar-refractivity contribution in [2.24, 2.45) is 0 Å². The highest BCUT2D eigenvalue weighted by molar-refractivity contribution is 5.35. The molecule has 1 rings (SSSR count). The Morgan fingerprint density at radius 3 is 2.63 bits per heavy atom. The van der Waals surface area contributed by atoms with Crippen LogP contribution in [0.1, 0.15) is 25.5 Å². The summed E-state index contributed by atoms with van der Waals surface area (Å²) >= 11 is 0. The van der Waals surface area contributed by atoms with Crippen molar-refractivity contribution in [2.75, 3.05) is 40.0 Å². The molecule has 1 aromatic rings. The third-order valence-electron chi connectivity index (χ3n) is 2.88. The Morgan fingerprint density at radius 2 is 1.95 bits per heavy atom. The van der Waals surface area contributed by atoms with E-state index in [1.165, 1.54) is 0 Å². The Balaban J connectivity index is 2.54. The van der Waals surface area contributed by atoms with Crippen molar-refractivity contribution in [3.05, 3.63) is 29.8 Å². The molecule has 0 aliphatic heterocycles. The highest BCUT2D eigenvalue weighted by Gasteiger charge is 2.14. The molecule has 0 aliphatic carbocycles. The lowest BCUT2D eigenvalue weighted by Gasteiger charge is -2.22. The van der Waals surface area contributed by atoms with Crippen molar-refractivity contribution >= 4 is 0 Å². The maximum Gasteiger partial charge on any atom is 0.125 e. The van der Waals surface area contributed by atoms with Crippen molar-refractivity contribution < 1.29 is 14.6 Å². The summed E-state index contributed by atoms with van der Waals surface area (Å²) in [4.78, 5) is 2.06. The van der Waals surface area contributed by atoms with E-state index in [0.717, 1.165) is 24.5 Å². The van der Waals surface area contributed by atoms with Crippen LogP contribution in [0.3, 0.4) is 0 Å². The summed E-state index contributed by atoms with van der Waals surface area (Å²) in [6, 6.07) is 7.63. The lowest BCUT2D eigenvalue weighted by Crippen LogP contribution is -2.28. The number of hydrogen-bond acceptors (Lipinski definition) is 4. The van der Waals surface area contributed by atoms with Gasteiger partial charge in [0.1, 0.15) is 5.75 Å². The molecule has 0 heterocycles. The van der Waals surface area contributed by atoms with Gasteiger partial charge in [0, 0.05) is 25.3 Å². The van der Waals surface area contributed by atoms with Crippen LogP contribution in [-0.2, 0) is 4.74 Å². The van der Waals surface area contributed by atoms with E-state index < -0.39 is 6.10 Å². The number of rotatable bonds is 9. The molecule has 0 amide bonds. The van der Waals surface area contributed by atoms with Crippen LogP contribution in [0, 0.1) is 0 Å². The van der Waals surface area contributed by atoms with Crippen molar-refractivity contribution in [3.8, 4) is 5.75 Å². The SMILES string of the molecule is CCOCCN(C)CC(O)c1ccccc1OCC. The van der Waals surface area contributed by atoms with Crippen molar-refractivity contribution in [3.63, 3.8) is 0 Å². The number of hydrogen-bond donors (Lipinski definition) is 1. The minimum absolute atomic E-state index is 0.547. The highest BCUT2D eigenvalue weighted by atomic mass is 16.5. The largest absolute Gasteiger partial charge is 0.493 e. The first-order valence-corrected chi connectivity index (χ1v) is 6.85. The zero-order valence-electron chi connectivity index (χ0n) is 12.1. The van der Waals surface area contributed by atoms with Gasteiger partial charge < -0.3 is 19.5 Å². The molecule has 1 aromatic carbocycles. The predicted octanol–water partition coefficient (Wildman–Crippen LogP) is 2.09. The highest BCUT2D eigenvalue weighted by Crippen LogP contribution is 2.25. The molecule has 1 unspecified atom stereocenters. The average Bonchev–Trinajstić information content (AvgIpc) is 2.40.